The quantitative estimate of drug-likeness (QED) is 0.622. The summed E-state index contributed by atoms with van der Waals surface area (Å²) in [4.78, 5) is 25.3. The van der Waals surface area contributed by atoms with Gasteiger partial charge >= 0.3 is 5.97 Å². The molecule has 1 aromatic rings. The van der Waals surface area contributed by atoms with Crippen LogP contribution in [-0.2, 0) is 4.79 Å². The Morgan fingerprint density at radius 3 is 2.47 bits per heavy atom. The van der Waals surface area contributed by atoms with E-state index in [0.717, 1.165) is 44.8 Å². The third kappa shape index (κ3) is 5.73. The van der Waals surface area contributed by atoms with Crippen molar-refractivity contribution in [1.82, 2.24) is 4.90 Å². The van der Waals surface area contributed by atoms with E-state index in [1.807, 2.05) is 4.90 Å². The summed E-state index contributed by atoms with van der Waals surface area (Å²) >= 11 is 0. The van der Waals surface area contributed by atoms with E-state index in [2.05, 4.69) is 20.8 Å². The van der Waals surface area contributed by atoms with Crippen LogP contribution in [-0.4, -0.2) is 41.6 Å². The van der Waals surface area contributed by atoms with E-state index >= 15 is 0 Å². The molecule has 3 rings (SSSR count). The smallest absolute Gasteiger partial charge is 0.338 e. The van der Waals surface area contributed by atoms with Crippen LogP contribution in [0.25, 0.3) is 0 Å². The van der Waals surface area contributed by atoms with E-state index in [4.69, 9.17) is 9.84 Å². The fourth-order valence-electron chi connectivity index (χ4n) is 4.89. The first kappa shape index (κ1) is 22.6. The van der Waals surface area contributed by atoms with Crippen LogP contribution in [0, 0.1) is 22.6 Å². The van der Waals surface area contributed by atoms with Crippen molar-refractivity contribution in [3.63, 3.8) is 0 Å². The number of amides is 1. The number of benzene rings is 1. The maximum atomic E-state index is 13.7. The average Bonchev–Trinajstić information content (AvgIpc) is 2.62. The van der Waals surface area contributed by atoms with Gasteiger partial charge in [-0.15, -0.1) is 0 Å². The van der Waals surface area contributed by atoms with Gasteiger partial charge in [-0.2, -0.15) is 0 Å². The number of halogens is 1. The molecule has 30 heavy (non-hydrogen) atoms. The summed E-state index contributed by atoms with van der Waals surface area (Å²) < 4.78 is 19.3. The number of carboxylic acid groups (broad SMARTS) is 1. The van der Waals surface area contributed by atoms with E-state index in [1.165, 1.54) is 25.0 Å². The molecule has 0 aromatic heterocycles. The summed E-state index contributed by atoms with van der Waals surface area (Å²) in [5, 5.41) is 8.86. The third-order valence-electron chi connectivity index (χ3n) is 6.50. The highest BCUT2D eigenvalue weighted by atomic mass is 19.1. The number of carbonyl (C=O) groups is 2. The molecule has 0 atom stereocenters. The van der Waals surface area contributed by atoms with Crippen molar-refractivity contribution >= 4 is 11.9 Å². The summed E-state index contributed by atoms with van der Waals surface area (Å²) in [6.07, 6.45) is 7.30. The molecule has 1 aromatic carbocycles. The van der Waals surface area contributed by atoms with Gasteiger partial charge in [0.15, 0.2) is 0 Å². The number of ether oxygens (including phenoxy) is 1. The molecule has 0 radical (unpaired) electrons. The SMILES string of the molecule is CC(C)(C)CC(=O)N1CCC2(CC1)CC(CCCOc1ccc(C(=O)O)c(F)c1)C2. The van der Waals surface area contributed by atoms with Crippen molar-refractivity contribution in [3.05, 3.63) is 29.6 Å². The molecule has 1 spiro atoms. The number of aromatic carboxylic acids is 1. The molecular formula is C24H34FNO4. The molecule has 6 heteroatoms. The zero-order chi connectivity index (χ0) is 21.9. The molecule has 2 aliphatic rings. The molecule has 1 amide bonds. The minimum Gasteiger partial charge on any atom is -0.493 e. The van der Waals surface area contributed by atoms with Gasteiger partial charge in [-0.25, -0.2) is 9.18 Å². The number of carboxylic acids is 1. The highest BCUT2D eigenvalue weighted by molar-refractivity contribution is 5.88. The number of hydrogen-bond donors (Lipinski definition) is 1. The standard InChI is InChI=1S/C24H34FNO4/c1-23(2,3)16-21(27)26-10-8-24(9-11-26)14-17(15-24)5-4-12-30-18-6-7-19(22(28)29)20(25)13-18/h6-7,13,17H,4-5,8-12,14-16H2,1-3H3,(H,28,29). The molecule has 1 N–H and O–H groups in total. The maximum Gasteiger partial charge on any atom is 0.338 e. The van der Waals surface area contributed by atoms with Crippen LogP contribution in [0.4, 0.5) is 4.39 Å². The minimum absolute atomic E-state index is 0.0416. The first-order valence-corrected chi connectivity index (χ1v) is 11.0. The van der Waals surface area contributed by atoms with E-state index < -0.39 is 11.8 Å². The molecule has 166 valence electrons. The largest absolute Gasteiger partial charge is 0.493 e. The highest BCUT2D eigenvalue weighted by Crippen LogP contribution is 2.54. The van der Waals surface area contributed by atoms with Crippen LogP contribution in [0.5, 0.6) is 5.75 Å². The van der Waals surface area contributed by atoms with Crippen molar-refractivity contribution in [2.75, 3.05) is 19.7 Å². The summed E-state index contributed by atoms with van der Waals surface area (Å²) in [7, 11) is 0. The molecule has 1 saturated heterocycles. The van der Waals surface area contributed by atoms with Gasteiger partial charge in [-0.1, -0.05) is 20.8 Å². The lowest BCUT2D eigenvalue weighted by molar-refractivity contribution is -0.137. The Labute approximate surface area is 178 Å². The van der Waals surface area contributed by atoms with Gasteiger partial charge in [-0.3, -0.25) is 4.79 Å². The molecule has 1 heterocycles. The van der Waals surface area contributed by atoms with Crippen LogP contribution in [0.2, 0.25) is 0 Å². The van der Waals surface area contributed by atoms with Crippen molar-refractivity contribution in [2.24, 2.45) is 16.7 Å². The van der Waals surface area contributed by atoms with Gasteiger partial charge in [0.05, 0.1) is 12.2 Å². The fraction of sp³-hybridized carbons (Fsp3) is 0.667. The first-order valence-electron chi connectivity index (χ1n) is 11.0. The van der Waals surface area contributed by atoms with E-state index in [0.29, 0.717) is 30.1 Å². The van der Waals surface area contributed by atoms with Crippen LogP contribution in [0.1, 0.15) is 76.1 Å². The second-order valence-corrected chi connectivity index (χ2v) is 10.3. The summed E-state index contributed by atoms with van der Waals surface area (Å²) in [5.74, 6) is -0.680. The number of rotatable bonds is 7. The van der Waals surface area contributed by atoms with Crippen LogP contribution in [0.15, 0.2) is 18.2 Å². The average molecular weight is 420 g/mol. The van der Waals surface area contributed by atoms with E-state index in [9.17, 15) is 14.0 Å². The van der Waals surface area contributed by atoms with Crippen molar-refractivity contribution in [1.29, 1.82) is 0 Å². The molecule has 0 unspecified atom stereocenters. The topological polar surface area (TPSA) is 66.8 Å². The maximum absolute atomic E-state index is 13.7. The zero-order valence-corrected chi connectivity index (χ0v) is 18.4. The molecule has 2 fully saturated rings. The molecule has 1 aliphatic carbocycles. The summed E-state index contributed by atoms with van der Waals surface area (Å²) in [5.41, 5.74) is 0.132. The Bertz CT molecular complexity index is 770. The van der Waals surface area contributed by atoms with Crippen molar-refractivity contribution in [2.45, 2.75) is 65.7 Å². The molecule has 1 saturated carbocycles. The van der Waals surface area contributed by atoms with E-state index in [1.54, 1.807) is 0 Å². The van der Waals surface area contributed by atoms with Crippen molar-refractivity contribution in [3.8, 4) is 5.75 Å². The number of carbonyl (C=O) groups excluding carboxylic acids is 1. The summed E-state index contributed by atoms with van der Waals surface area (Å²) in [6.45, 7) is 8.62. The van der Waals surface area contributed by atoms with E-state index in [-0.39, 0.29) is 16.9 Å². The number of nitrogens with zero attached hydrogens (tertiary/aromatic N) is 1. The van der Waals surface area contributed by atoms with Gasteiger partial charge in [0.25, 0.3) is 0 Å². The van der Waals surface area contributed by atoms with Crippen LogP contribution >= 0.6 is 0 Å². The minimum atomic E-state index is -1.28. The predicted molar refractivity (Wildman–Crippen MR) is 113 cm³/mol. The van der Waals surface area contributed by atoms with Gasteiger partial charge in [0.2, 0.25) is 5.91 Å². The van der Waals surface area contributed by atoms with Gasteiger partial charge in [0.1, 0.15) is 11.6 Å². The van der Waals surface area contributed by atoms with Crippen LogP contribution < -0.4 is 4.74 Å². The van der Waals surface area contributed by atoms with Gasteiger partial charge in [0, 0.05) is 25.6 Å². The monoisotopic (exact) mass is 419 g/mol. The zero-order valence-electron chi connectivity index (χ0n) is 18.4. The lowest BCUT2D eigenvalue weighted by Gasteiger charge is -2.52. The second-order valence-electron chi connectivity index (χ2n) is 10.3. The Morgan fingerprint density at radius 2 is 1.90 bits per heavy atom. The molecule has 0 bridgehead atoms. The third-order valence-corrected chi connectivity index (χ3v) is 6.50. The Hall–Kier alpha value is -2.11. The molecular weight excluding hydrogens is 385 g/mol. The lowest BCUT2D eigenvalue weighted by Crippen LogP contribution is -2.49. The van der Waals surface area contributed by atoms with Crippen molar-refractivity contribution < 1.29 is 23.8 Å². The van der Waals surface area contributed by atoms with Gasteiger partial charge in [-0.05, 0) is 67.4 Å². The fourth-order valence-corrected chi connectivity index (χ4v) is 4.89. The van der Waals surface area contributed by atoms with Gasteiger partial charge < -0.3 is 14.7 Å². The Balaban J connectivity index is 1.33. The number of piperidine rings is 1. The predicted octanol–water partition coefficient (Wildman–Crippen LogP) is 5.14. The molecule has 5 nitrogen and oxygen atoms in total. The lowest BCUT2D eigenvalue weighted by atomic mass is 9.56. The second kappa shape index (κ2) is 8.94. The first-order chi connectivity index (χ1) is 14.1. The highest BCUT2D eigenvalue weighted by Gasteiger charge is 2.45. The normalized spacial score (nSPS) is 18.9. The Morgan fingerprint density at radius 1 is 1.23 bits per heavy atom. The molecule has 1 aliphatic heterocycles. The Kier molecular flexibility index (Phi) is 6.73. The van der Waals surface area contributed by atoms with Crippen LogP contribution in [0.3, 0.4) is 0 Å². The number of hydrogen-bond acceptors (Lipinski definition) is 3. The summed E-state index contributed by atoms with van der Waals surface area (Å²) in [6, 6.07) is 3.87. The number of likely N-dealkylation sites (tertiary alicyclic amines) is 1.